The number of rotatable bonds is 6. The first-order valence-corrected chi connectivity index (χ1v) is 5.28. The minimum absolute atomic E-state index is 0.117. The lowest BCUT2D eigenvalue weighted by atomic mass is 10.4. The first kappa shape index (κ1) is 13.0. The van der Waals surface area contributed by atoms with Crippen molar-refractivity contribution in [3.05, 3.63) is 25.2 Å². The number of hydrogen-bond acceptors (Lipinski definition) is 5. The first-order chi connectivity index (χ1) is 8.19. The minimum Gasteiger partial charge on any atom is -0.486 e. The summed E-state index contributed by atoms with van der Waals surface area (Å²) in [6.07, 6.45) is 4.12. The number of aromatic nitrogens is 2. The Hall–Kier alpha value is -2.11. The number of nitrogens with zero attached hydrogens (tertiary/aromatic N) is 3. The summed E-state index contributed by atoms with van der Waals surface area (Å²) < 4.78 is 5.39. The highest BCUT2D eigenvalue weighted by Crippen LogP contribution is 2.14. The average Bonchev–Trinajstić information content (AvgIpc) is 2.36. The molecule has 1 heterocycles. The molecule has 1 rings (SSSR count). The highest BCUT2D eigenvalue weighted by atomic mass is 16.5. The van der Waals surface area contributed by atoms with Crippen LogP contribution < -0.4 is 10.5 Å². The van der Waals surface area contributed by atoms with E-state index in [1.54, 1.807) is 4.90 Å². The molecule has 6 heteroatoms. The van der Waals surface area contributed by atoms with E-state index in [9.17, 15) is 4.79 Å². The van der Waals surface area contributed by atoms with Crippen LogP contribution in [-0.4, -0.2) is 40.5 Å². The van der Waals surface area contributed by atoms with E-state index < -0.39 is 0 Å². The second-order valence-corrected chi connectivity index (χ2v) is 3.24. The SMILES string of the molecule is C=CC(=O)N(CC)CCOc1cncnc1N. The van der Waals surface area contributed by atoms with Gasteiger partial charge in [-0.05, 0) is 13.0 Å². The number of carbonyl (C=O) groups is 1. The second kappa shape index (κ2) is 6.47. The van der Waals surface area contributed by atoms with Crippen LogP contribution in [0.5, 0.6) is 5.75 Å². The van der Waals surface area contributed by atoms with Crippen LogP contribution in [0, 0.1) is 0 Å². The van der Waals surface area contributed by atoms with Crippen molar-refractivity contribution in [2.24, 2.45) is 0 Å². The van der Waals surface area contributed by atoms with Gasteiger partial charge in [-0.3, -0.25) is 4.79 Å². The smallest absolute Gasteiger partial charge is 0.246 e. The largest absolute Gasteiger partial charge is 0.486 e. The molecule has 0 fully saturated rings. The van der Waals surface area contributed by atoms with Crippen molar-refractivity contribution < 1.29 is 9.53 Å². The molecule has 0 spiro atoms. The zero-order valence-electron chi connectivity index (χ0n) is 9.80. The Bertz CT molecular complexity index is 395. The van der Waals surface area contributed by atoms with Crippen molar-refractivity contribution in [3.63, 3.8) is 0 Å². The average molecular weight is 236 g/mol. The molecule has 17 heavy (non-hydrogen) atoms. The summed E-state index contributed by atoms with van der Waals surface area (Å²) in [5.74, 6) is 0.598. The van der Waals surface area contributed by atoms with E-state index in [2.05, 4.69) is 16.5 Å². The van der Waals surface area contributed by atoms with Crippen LogP contribution in [0.25, 0.3) is 0 Å². The maximum Gasteiger partial charge on any atom is 0.246 e. The van der Waals surface area contributed by atoms with Crippen LogP contribution in [-0.2, 0) is 4.79 Å². The maximum atomic E-state index is 11.4. The molecule has 6 nitrogen and oxygen atoms in total. The van der Waals surface area contributed by atoms with Crippen LogP contribution in [0.3, 0.4) is 0 Å². The first-order valence-electron chi connectivity index (χ1n) is 5.28. The Kier molecular flexibility index (Phi) is 4.93. The molecule has 0 bridgehead atoms. The quantitative estimate of drug-likeness (QED) is 0.726. The van der Waals surface area contributed by atoms with Gasteiger partial charge < -0.3 is 15.4 Å². The van der Waals surface area contributed by atoms with Gasteiger partial charge in [-0.25, -0.2) is 9.97 Å². The van der Waals surface area contributed by atoms with Crippen LogP contribution in [0.1, 0.15) is 6.92 Å². The zero-order chi connectivity index (χ0) is 12.7. The molecule has 0 atom stereocenters. The van der Waals surface area contributed by atoms with E-state index >= 15 is 0 Å². The molecular weight excluding hydrogens is 220 g/mol. The van der Waals surface area contributed by atoms with Gasteiger partial charge in [-0.15, -0.1) is 0 Å². The molecule has 0 aromatic carbocycles. The number of amides is 1. The van der Waals surface area contributed by atoms with E-state index in [-0.39, 0.29) is 11.7 Å². The second-order valence-electron chi connectivity index (χ2n) is 3.24. The van der Waals surface area contributed by atoms with E-state index in [1.165, 1.54) is 18.6 Å². The number of hydrogen-bond donors (Lipinski definition) is 1. The van der Waals surface area contributed by atoms with Gasteiger partial charge in [0.05, 0.1) is 12.7 Å². The van der Waals surface area contributed by atoms with Crippen molar-refractivity contribution in [1.82, 2.24) is 14.9 Å². The van der Waals surface area contributed by atoms with Gasteiger partial charge in [0.15, 0.2) is 11.6 Å². The van der Waals surface area contributed by atoms with Gasteiger partial charge in [-0.2, -0.15) is 0 Å². The molecule has 1 aromatic heterocycles. The fraction of sp³-hybridized carbons (Fsp3) is 0.364. The summed E-state index contributed by atoms with van der Waals surface area (Å²) >= 11 is 0. The number of carbonyl (C=O) groups excluding carboxylic acids is 1. The molecule has 2 N–H and O–H groups in total. The van der Waals surface area contributed by atoms with Gasteiger partial charge in [0.1, 0.15) is 12.9 Å². The summed E-state index contributed by atoms with van der Waals surface area (Å²) in [6.45, 7) is 6.74. The van der Waals surface area contributed by atoms with Crippen molar-refractivity contribution in [3.8, 4) is 5.75 Å². The Morgan fingerprint density at radius 2 is 2.47 bits per heavy atom. The lowest BCUT2D eigenvalue weighted by molar-refractivity contribution is -0.126. The Morgan fingerprint density at radius 3 is 3.06 bits per heavy atom. The number of likely N-dealkylation sites (N-methyl/N-ethyl adjacent to an activating group) is 1. The Labute approximate surface area is 100 Å². The third-order valence-electron chi connectivity index (χ3n) is 2.19. The molecule has 0 aliphatic heterocycles. The van der Waals surface area contributed by atoms with Gasteiger partial charge in [0.2, 0.25) is 5.91 Å². The topological polar surface area (TPSA) is 81.3 Å². The molecule has 1 amide bonds. The van der Waals surface area contributed by atoms with E-state index in [0.29, 0.717) is 25.4 Å². The molecule has 1 aromatic rings. The number of anilines is 1. The third-order valence-corrected chi connectivity index (χ3v) is 2.19. The molecule has 0 unspecified atom stereocenters. The number of nitrogens with two attached hydrogens (primary N) is 1. The van der Waals surface area contributed by atoms with Gasteiger partial charge in [-0.1, -0.05) is 6.58 Å². The predicted octanol–water partition coefficient (Wildman–Crippen LogP) is 0.472. The van der Waals surface area contributed by atoms with Crippen molar-refractivity contribution in [2.75, 3.05) is 25.4 Å². The van der Waals surface area contributed by atoms with Crippen LogP contribution in [0.2, 0.25) is 0 Å². The molecule has 0 aliphatic carbocycles. The summed E-state index contributed by atoms with van der Waals surface area (Å²) in [4.78, 5) is 20.6. The van der Waals surface area contributed by atoms with Crippen molar-refractivity contribution >= 4 is 11.7 Å². The highest BCUT2D eigenvalue weighted by molar-refractivity contribution is 5.86. The fourth-order valence-corrected chi connectivity index (χ4v) is 1.26. The summed E-state index contributed by atoms with van der Waals surface area (Å²) in [6, 6.07) is 0. The zero-order valence-corrected chi connectivity index (χ0v) is 9.80. The normalized spacial score (nSPS) is 9.71. The third kappa shape index (κ3) is 3.75. The fourth-order valence-electron chi connectivity index (χ4n) is 1.26. The molecule has 0 radical (unpaired) electrons. The minimum atomic E-state index is -0.117. The van der Waals surface area contributed by atoms with Gasteiger partial charge in [0, 0.05) is 6.54 Å². The lowest BCUT2D eigenvalue weighted by Gasteiger charge is -2.19. The van der Waals surface area contributed by atoms with Crippen molar-refractivity contribution in [2.45, 2.75) is 6.92 Å². The van der Waals surface area contributed by atoms with Crippen LogP contribution in [0.4, 0.5) is 5.82 Å². The standard InChI is InChI=1S/C11H16N4O2/c1-3-10(16)15(4-2)5-6-17-9-7-13-8-14-11(9)12/h3,7-8H,1,4-6H2,2H3,(H2,12,13,14). The lowest BCUT2D eigenvalue weighted by Crippen LogP contribution is -2.33. The Balaban J connectivity index is 2.44. The molecule has 92 valence electrons. The molecule has 0 saturated heterocycles. The summed E-state index contributed by atoms with van der Waals surface area (Å²) in [5.41, 5.74) is 5.58. The van der Waals surface area contributed by atoms with Gasteiger partial charge >= 0.3 is 0 Å². The van der Waals surface area contributed by atoms with Crippen LogP contribution in [0.15, 0.2) is 25.2 Å². The van der Waals surface area contributed by atoms with Crippen LogP contribution >= 0.6 is 0 Å². The molecule has 0 aliphatic rings. The monoisotopic (exact) mass is 236 g/mol. The highest BCUT2D eigenvalue weighted by Gasteiger charge is 2.08. The van der Waals surface area contributed by atoms with Crippen molar-refractivity contribution in [1.29, 1.82) is 0 Å². The van der Waals surface area contributed by atoms with Gasteiger partial charge in [0.25, 0.3) is 0 Å². The van der Waals surface area contributed by atoms with E-state index in [4.69, 9.17) is 10.5 Å². The number of nitrogen functional groups attached to an aromatic ring is 1. The Morgan fingerprint density at radius 1 is 1.71 bits per heavy atom. The predicted molar refractivity (Wildman–Crippen MR) is 64.4 cm³/mol. The maximum absolute atomic E-state index is 11.4. The summed E-state index contributed by atoms with van der Waals surface area (Å²) in [5, 5.41) is 0. The van der Waals surface area contributed by atoms with E-state index in [1.807, 2.05) is 6.92 Å². The molecular formula is C11H16N4O2. The summed E-state index contributed by atoms with van der Waals surface area (Å²) in [7, 11) is 0. The molecule has 0 saturated carbocycles. The number of ether oxygens (including phenoxy) is 1. The van der Waals surface area contributed by atoms with E-state index in [0.717, 1.165) is 0 Å².